The molecule has 0 radical (unpaired) electrons. The van der Waals surface area contributed by atoms with Crippen LogP contribution in [0.1, 0.15) is 47.1 Å². The zero-order valence-electron chi connectivity index (χ0n) is 19.6. The monoisotopic (exact) mass is 456 g/mol. The van der Waals surface area contributed by atoms with Crippen molar-refractivity contribution in [3.63, 3.8) is 0 Å². The van der Waals surface area contributed by atoms with Crippen LogP contribution in [0.2, 0.25) is 0 Å². The zero-order chi connectivity index (χ0) is 24.2. The third-order valence-electron chi connectivity index (χ3n) is 5.98. The van der Waals surface area contributed by atoms with Crippen LogP contribution in [0.3, 0.4) is 0 Å². The summed E-state index contributed by atoms with van der Waals surface area (Å²) in [7, 11) is 1.39. The number of methoxy groups -OCH3 is 1. The molecular weight excluding hydrogens is 428 g/mol. The summed E-state index contributed by atoms with van der Waals surface area (Å²) in [6, 6.07) is 19.0. The van der Waals surface area contributed by atoms with Crippen LogP contribution in [-0.2, 0) is 11.2 Å². The molecule has 0 amide bonds. The van der Waals surface area contributed by atoms with Crippen LogP contribution in [0.4, 0.5) is 0 Å². The fraction of sp³-hybridized carbons (Fsp3) is 0.222. The van der Waals surface area contributed by atoms with Crippen molar-refractivity contribution < 1.29 is 14.7 Å². The molecule has 7 heteroatoms. The number of nitrogens with one attached hydrogen (secondary N) is 2. The van der Waals surface area contributed by atoms with Crippen LogP contribution < -0.4 is 5.48 Å². The lowest BCUT2D eigenvalue weighted by Crippen LogP contribution is -2.19. The molecular formula is C27H28N4O3. The van der Waals surface area contributed by atoms with Gasteiger partial charge in [-0.05, 0) is 48.2 Å². The van der Waals surface area contributed by atoms with Gasteiger partial charge in [0.25, 0.3) is 0 Å². The highest BCUT2D eigenvalue weighted by Crippen LogP contribution is 2.31. The first kappa shape index (κ1) is 23.2. The number of hydroxylamine groups is 1. The Kier molecular flexibility index (Phi) is 6.75. The van der Waals surface area contributed by atoms with Gasteiger partial charge >= 0.3 is 5.97 Å². The summed E-state index contributed by atoms with van der Waals surface area (Å²) in [4.78, 5) is 17.5. The van der Waals surface area contributed by atoms with Gasteiger partial charge in [0.15, 0.2) is 0 Å². The van der Waals surface area contributed by atoms with Gasteiger partial charge in [0.05, 0.1) is 23.7 Å². The molecule has 0 saturated carbocycles. The Labute approximate surface area is 198 Å². The van der Waals surface area contributed by atoms with Crippen LogP contribution in [0.5, 0.6) is 0 Å². The fourth-order valence-electron chi connectivity index (χ4n) is 4.21. The van der Waals surface area contributed by atoms with Gasteiger partial charge in [-0.25, -0.2) is 9.78 Å². The van der Waals surface area contributed by atoms with E-state index in [2.05, 4.69) is 11.5 Å². The number of imidazole rings is 1. The minimum absolute atomic E-state index is 0.0691. The molecule has 0 aliphatic carbocycles. The molecule has 1 heterocycles. The number of esters is 1. The second kappa shape index (κ2) is 9.89. The van der Waals surface area contributed by atoms with E-state index in [4.69, 9.17) is 15.1 Å². The van der Waals surface area contributed by atoms with Crippen molar-refractivity contribution in [2.24, 2.45) is 0 Å². The number of carbonyl (C=O) groups excluding carboxylic acids is 1. The Morgan fingerprint density at radius 1 is 1.09 bits per heavy atom. The van der Waals surface area contributed by atoms with E-state index < -0.39 is 5.97 Å². The molecule has 3 N–H and O–H groups in total. The molecule has 0 unspecified atom stereocenters. The largest absolute Gasteiger partial charge is 0.465 e. The summed E-state index contributed by atoms with van der Waals surface area (Å²) < 4.78 is 7.12. The highest BCUT2D eigenvalue weighted by Gasteiger charge is 2.21. The third-order valence-corrected chi connectivity index (χ3v) is 5.98. The summed E-state index contributed by atoms with van der Waals surface area (Å²) >= 11 is 0. The Morgan fingerprint density at radius 3 is 2.50 bits per heavy atom. The SMILES string of the molecule is CCCCc1nc2c(C)ccc(C(=O)OC)c2n1-c1ccc(-c2ccccc2C(=N)NO)cc1. The molecule has 34 heavy (non-hydrogen) atoms. The van der Waals surface area contributed by atoms with Gasteiger partial charge in [0.2, 0.25) is 0 Å². The molecule has 0 aliphatic rings. The van der Waals surface area contributed by atoms with E-state index in [0.29, 0.717) is 11.1 Å². The van der Waals surface area contributed by atoms with E-state index in [1.54, 1.807) is 12.1 Å². The third kappa shape index (κ3) is 4.18. The summed E-state index contributed by atoms with van der Waals surface area (Å²) in [5.74, 6) is 0.435. The predicted octanol–water partition coefficient (Wildman–Crippen LogP) is 5.43. The molecule has 0 spiro atoms. The van der Waals surface area contributed by atoms with Crippen molar-refractivity contribution >= 4 is 22.8 Å². The number of aromatic nitrogens is 2. The lowest BCUT2D eigenvalue weighted by Gasteiger charge is -2.14. The number of fused-ring (bicyclic) bond motifs is 1. The topological polar surface area (TPSA) is 100 Å². The highest BCUT2D eigenvalue weighted by molar-refractivity contribution is 6.04. The van der Waals surface area contributed by atoms with E-state index in [1.165, 1.54) is 7.11 Å². The average molecular weight is 457 g/mol. The van der Waals surface area contributed by atoms with Crippen molar-refractivity contribution in [2.75, 3.05) is 7.11 Å². The first-order chi connectivity index (χ1) is 16.5. The van der Waals surface area contributed by atoms with Crippen molar-refractivity contribution in [3.8, 4) is 16.8 Å². The van der Waals surface area contributed by atoms with E-state index in [-0.39, 0.29) is 5.84 Å². The smallest absolute Gasteiger partial charge is 0.340 e. The Bertz CT molecular complexity index is 1360. The molecule has 0 atom stereocenters. The van der Waals surface area contributed by atoms with E-state index >= 15 is 0 Å². The number of unbranched alkanes of at least 4 members (excludes halogenated alkanes) is 1. The fourth-order valence-corrected chi connectivity index (χ4v) is 4.21. The molecule has 0 bridgehead atoms. The normalized spacial score (nSPS) is 10.9. The maximum absolute atomic E-state index is 12.6. The average Bonchev–Trinajstić information content (AvgIpc) is 3.27. The summed E-state index contributed by atoms with van der Waals surface area (Å²) in [6.45, 7) is 4.14. The summed E-state index contributed by atoms with van der Waals surface area (Å²) in [5.41, 5.74) is 8.17. The Hall–Kier alpha value is -3.97. The van der Waals surface area contributed by atoms with Crippen molar-refractivity contribution in [2.45, 2.75) is 33.1 Å². The van der Waals surface area contributed by atoms with Crippen LogP contribution >= 0.6 is 0 Å². The molecule has 3 aromatic carbocycles. The molecule has 0 fully saturated rings. The van der Waals surface area contributed by atoms with Gasteiger partial charge in [-0.2, -0.15) is 0 Å². The number of aryl methyl sites for hydroxylation is 2. The van der Waals surface area contributed by atoms with Gasteiger partial charge in [-0.15, -0.1) is 0 Å². The quantitative estimate of drug-likeness (QED) is 0.149. The molecule has 0 aliphatic heterocycles. The molecule has 4 aromatic rings. The minimum Gasteiger partial charge on any atom is -0.465 e. The Morgan fingerprint density at radius 2 is 1.82 bits per heavy atom. The Balaban J connectivity index is 1.89. The number of nitrogens with zero attached hydrogens (tertiary/aromatic N) is 2. The summed E-state index contributed by atoms with van der Waals surface area (Å²) in [6.07, 6.45) is 2.80. The van der Waals surface area contributed by atoms with Gasteiger partial charge < -0.3 is 4.74 Å². The molecule has 174 valence electrons. The van der Waals surface area contributed by atoms with Gasteiger partial charge in [0.1, 0.15) is 11.7 Å². The first-order valence-electron chi connectivity index (χ1n) is 11.3. The number of benzene rings is 3. The second-order valence-corrected chi connectivity index (χ2v) is 8.17. The van der Waals surface area contributed by atoms with Gasteiger partial charge in [0, 0.05) is 17.7 Å². The number of hydrogen-bond acceptors (Lipinski definition) is 5. The van der Waals surface area contributed by atoms with Crippen LogP contribution in [-0.4, -0.2) is 33.7 Å². The van der Waals surface area contributed by atoms with Gasteiger partial charge in [-0.3, -0.25) is 20.7 Å². The molecule has 0 saturated heterocycles. The first-order valence-corrected chi connectivity index (χ1v) is 11.3. The molecule has 7 nitrogen and oxygen atoms in total. The van der Waals surface area contributed by atoms with E-state index in [0.717, 1.165) is 58.5 Å². The van der Waals surface area contributed by atoms with Crippen LogP contribution in [0.15, 0.2) is 60.7 Å². The number of rotatable bonds is 7. The maximum atomic E-state index is 12.6. The van der Waals surface area contributed by atoms with E-state index in [1.807, 2.05) is 60.9 Å². The van der Waals surface area contributed by atoms with Crippen molar-refractivity contribution in [3.05, 3.63) is 83.2 Å². The van der Waals surface area contributed by atoms with Gasteiger partial charge in [-0.1, -0.05) is 55.8 Å². The van der Waals surface area contributed by atoms with Crippen LogP contribution in [0.25, 0.3) is 27.8 Å². The van der Waals surface area contributed by atoms with Crippen molar-refractivity contribution in [1.29, 1.82) is 5.41 Å². The number of ether oxygens (including phenoxy) is 1. The zero-order valence-corrected chi connectivity index (χ0v) is 19.6. The maximum Gasteiger partial charge on any atom is 0.340 e. The number of carbonyl (C=O) groups is 1. The standard InChI is InChI=1S/C27H28N4O3/c1-4-5-10-23-29-24-17(2)11-16-22(27(32)34-3)25(24)31(23)19-14-12-18(13-15-19)20-8-6-7-9-21(20)26(28)30-33/h6-9,11-16,33H,4-5,10H2,1-3H3,(H2,28,30). The van der Waals surface area contributed by atoms with Crippen molar-refractivity contribution in [1.82, 2.24) is 15.0 Å². The summed E-state index contributed by atoms with van der Waals surface area (Å²) in [5, 5.41) is 17.2. The molecule has 1 aromatic heterocycles. The lowest BCUT2D eigenvalue weighted by atomic mass is 9.99. The number of amidine groups is 1. The lowest BCUT2D eigenvalue weighted by molar-refractivity contribution is 0.0602. The highest BCUT2D eigenvalue weighted by atomic mass is 16.5. The second-order valence-electron chi connectivity index (χ2n) is 8.17. The van der Waals surface area contributed by atoms with Crippen LogP contribution in [0, 0.1) is 12.3 Å². The predicted molar refractivity (Wildman–Crippen MR) is 133 cm³/mol. The van der Waals surface area contributed by atoms with E-state index in [9.17, 15) is 10.0 Å². The minimum atomic E-state index is -0.395. The number of hydrogen-bond donors (Lipinski definition) is 3. The molecule has 4 rings (SSSR count).